The first-order valence-electron chi connectivity index (χ1n) is 5.79. The smallest absolute Gasteiger partial charge is 0.261 e. The van der Waals surface area contributed by atoms with Crippen LogP contribution < -0.4 is 4.72 Å². The average molecular weight is 316 g/mol. The standard InChI is InChI=1S/C12H14ClN3O3S/c1-16-8-14-12(11(16)13)20(18,19)15-6-9-3-2-4-10(5-9)7-17/h2-5,8,15,17H,6-7H2,1H3. The van der Waals surface area contributed by atoms with Crippen molar-refractivity contribution in [3.63, 3.8) is 0 Å². The lowest BCUT2D eigenvalue weighted by atomic mass is 10.1. The number of halogens is 1. The van der Waals surface area contributed by atoms with Gasteiger partial charge in [0.1, 0.15) is 5.15 Å². The van der Waals surface area contributed by atoms with Crippen LogP contribution >= 0.6 is 11.6 Å². The number of benzene rings is 1. The molecule has 2 aromatic rings. The number of imidazole rings is 1. The van der Waals surface area contributed by atoms with E-state index in [1.165, 1.54) is 10.9 Å². The van der Waals surface area contributed by atoms with E-state index in [1.54, 1.807) is 31.3 Å². The Morgan fingerprint density at radius 3 is 2.70 bits per heavy atom. The van der Waals surface area contributed by atoms with Crippen molar-refractivity contribution < 1.29 is 13.5 Å². The van der Waals surface area contributed by atoms with E-state index in [2.05, 4.69) is 9.71 Å². The number of aliphatic hydroxyl groups is 1. The molecule has 0 spiro atoms. The van der Waals surface area contributed by atoms with Gasteiger partial charge in [-0.2, -0.15) is 0 Å². The van der Waals surface area contributed by atoms with Crippen LogP contribution in [-0.2, 0) is 30.2 Å². The molecule has 0 saturated carbocycles. The van der Waals surface area contributed by atoms with Gasteiger partial charge >= 0.3 is 0 Å². The molecule has 1 aromatic heterocycles. The maximum Gasteiger partial charge on any atom is 0.261 e. The average Bonchev–Trinajstić information content (AvgIpc) is 2.78. The number of rotatable bonds is 5. The quantitative estimate of drug-likeness (QED) is 0.863. The lowest BCUT2D eigenvalue weighted by molar-refractivity contribution is 0.281. The van der Waals surface area contributed by atoms with E-state index in [4.69, 9.17) is 16.7 Å². The topological polar surface area (TPSA) is 84.2 Å². The van der Waals surface area contributed by atoms with Crippen molar-refractivity contribution in [2.45, 2.75) is 18.2 Å². The molecule has 1 heterocycles. The monoisotopic (exact) mass is 315 g/mol. The van der Waals surface area contributed by atoms with Crippen LogP contribution in [0.15, 0.2) is 35.6 Å². The Morgan fingerprint density at radius 1 is 1.40 bits per heavy atom. The molecule has 0 fully saturated rings. The number of sulfonamides is 1. The number of aryl methyl sites for hydroxylation is 1. The van der Waals surface area contributed by atoms with E-state index >= 15 is 0 Å². The van der Waals surface area contributed by atoms with Crippen molar-refractivity contribution in [3.05, 3.63) is 46.9 Å². The van der Waals surface area contributed by atoms with Crippen LogP contribution in [0.4, 0.5) is 0 Å². The highest BCUT2D eigenvalue weighted by atomic mass is 35.5. The largest absolute Gasteiger partial charge is 0.392 e. The number of hydrogen-bond donors (Lipinski definition) is 2. The maximum absolute atomic E-state index is 12.1. The van der Waals surface area contributed by atoms with E-state index in [9.17, 15) is 8.42 Å². The van der Waals surface area contributed by atoms with Crippen molar-refractivity contribution in [2.24, 2.45) is 7.05 Å². The molecule has 2 rings (SSSR count). The van der Waals surface area contributed by atoms with Crippen molar-refractivity contribution in [2.75, 3.05) is 0 Å². The summed E-state index contributed by atoms with van der Waals surface area (Å²) in [5.41, 5.74) is 1.46. The molecule has 6 nitrogen and oxygen atoms in total. The van der Waals surface area contributed by atoms with Crippen LogP contribution in [0.5, 0.6) is 0 Å². The molecule has 0 aliphatic rings. The normalized spacial score (nSPS) is 11.8. The molecule has 8 heteroatoms. The highest BCUT2D eigenvalue weighted by molar-refractivity contribution is 7.89. The van der Waals surface area contributed by atoms with Crippen LogP contribution in [0.25, 0.3) is 0 Å². The predicted octanol–water partition coefficient (Wildman–Crippen LogP) is 1.04. The molecule has 20 heavy (non-hydrogen) atoms. The Kier molecular flexibility index (Phi) is 4.44. The molecule has 0 aliphatic heterocycles. The Balaban J connectivity index is 2.15. The van der Waals surface area contributed by atoms with Gasteiger partial charge in [-0.1, -0.05) is 35.9 Å². The summed E-state index contributed by atoms with van der Waals surface area (Å²) >= 11 is 5.87. The van der Waals surface area contributed by atoms with Crippen molar-refractivity contribution in [1.82, 2.24) is 14.3 Å². The number of aliphatic hydroxyl groups excluding tert-OH is 1. The van der Waals surface area contributed by atoms with Gasteiger partial charge in [0, 0.05) is 13.6 Å². The molecule has 1 aromatic carbocycles. The van der Waals surface area contributed by atoms with Crippen molar-refractivity contribution in [3.8, 4) is 0 Å². The van der Waals surface area contributed by atoms with Crippen molar-refractivity contribution in [1.29, 1.82) is 0 Å². The molecule has 2 N–H and O–H groups in total. The third-order valence-electron chi connectivity index (χ3n) is 2.73. The predicted molar refractivity (Wildman–Crippen MR) is 74.6 cm³/mol. The van der Waals surface area contributed by atoms with Gasteiger partial charge in [-0.15, -0.1) is 0 Å². The van der Waals surface area contributed by atoms with Crippen LogP contribution in [0.2, 0.25) is 5.15 Å². The van der Waals surface area contributed by atoms with E-state index in [-0.39, 0.29) is 23.3 Å². The summed E-state index contributed by atoms with van der Waals surface area (Å²) in [6, 6.07) is 7.00. The SMILES string of the molecule is Cn1cnc(S(=O)(=O)NCc2cccc(CO)c2)c1Cl. The van der Waals surface area contributed by atoms with Crippen molar-refractivity contribution >= 4 is 21.6 Å². The van der Waals surface area contributed by atoms with Gasteiger partial charge in [0.05, 0.1) is 12.9 Å². The molecule has 0 radical (unpaired) electrons. The molecular weight excluding hydrogens is 302 g/mol. The van der Waals surface area contributed by atoms with Gasteiger partial charge in [0.15, 0.2) is 0 Å². The van der Waals surface area contributed by atoms with Gasteiger partial charge < -0.3 is 9.67 Å². The Hall–Kier alpha value is -1.41. The fourth-order valence-corrected chi connectivity index (χ4v) is 3.10. The van der Waals surface area contributed by atoms with Crippen LogP contribution in [-0.4, -0.2) is 23.1 Å². The van der Waals surface area contributed by atoms with Crippen LogP contribution in [0.1, 0.15) is 11.1 Å². The molecule has 0 atom stereocenters. The molecule has 0 unspecified atom stereocenters. The molecule has 108 valence electrons. The lowest BCUT2D eigenvalue weighted by Gasteiger charge is -2.06. The second-order valence-electron chi connectivity index (χ2n) is 4.25. The van der Waals surface area contributed by atoms with Gasteiger partial charge in [0.2, 0.25) is 5.03 Å². The first kappa shape index (κ1) is 15.0. The second kappa shape index (κ2) is 5.92. The zero-order valence-electron chi connectivity index (χ0n) is 10.7. The highest BCUT2D eigenvalue weighted by Crippen LogP contribution is 2.18. The Bertz CT molecular complexity index is 712. The summed E-state index contributed by atoms with van der Waals surface area (Å²) < 4.78 is 28.0. The minimum absolute atomic E-state index is 0.0570. The first-order valence-corrected chi connectivity index (χ1v) is 7.65. The summed E-state index contributed by atoms with van der Waals surface area (Å²) in [5, 5.41) is 8.90. The number of nitrogens with zero attached hydrogens (tertiary/aromatic N) is 2. The zero-order valence-corrected chi connectivity index (χ0v) is 12.3. The fourth-order valence-electron chi connectivity index (χ4n) is 1.66. The summed E-state index contributed by atoms with van der Waals surface area (Å²) in [7, 11) is -2.15. The molecule has 0 aliphatic carbocycles. The zero-order chi connectivity index (χ0) is 14.8. The number of nitrogens with one attached hydrogen (secondary N) is 1. The number of hydrogen-bond acceptors (Lipinski definition) is 4. The molecule has 0 amide bonds. The summed E-state index contributed by atoms with van der Waals surface area (Å²) in [5.74, 6) is 0. The van der Waals surface area contributed by atoms with Crippen LogP contribution in [0, 0.1) is 0 Å². The third-order valence-corrected chi connectivity index (χ3v) is 4.62. The second-order valence-corrected chi connectivity index (χ2v) is 6.29. The summed E-state index contributed by atoms with van der Waals surface area (Å²) in [6.07, 6.45) is 1.34. The van der Waals surface area contributed by atoms with Crippen LogP contribution in [0.3, 0.4) is 0 Å². The maximum atomic E-state index is 12.1. The Labute approximate surface area is 122 Å². The van der Waals surface area contributed by atoms with Gasteiger partial charge in [0.25, 0.3) is 10.0 Å². The fraction of sp³-hybridized carbons (Fsp3) is 0.250. The van der Waals surface area contributed by atoms with E-state index in [0.29, 0.717) is 0 Å². The van der Waals surface area contributed by atoms with E-state index in [1.807, 2.05) is 0 Å². The summed E-state index contributed by atoms with van der Waals surface area (Å²) in [6.45, 7) is 0.00966. The third kappa shape index (κ3) is 3.18. The molecular formula is C12H14ClN3O3S. The van der Waals surface area contributed by atoms with Gasteiger partial charge in [-0.25, -0.2) is 18.1 Å². The van der Waals surface area contributed by atoms with E-state index in [0.717, 1.165) is 11.1 Å². The molecule has 0 saturated heterocycles. The lowest BCUT2D eigenvalue weighted by Crippen LogP contribution is -2.24. The minimum atomic E-state index is -3.76. The molecule has 0 bridgehead atoms. The number of aromatic nitrogens is 2. The van der Waals surface area contributed by atoms with E-state index < -0.39 is 10.0 Å². The van der Waals surface area contributed by atoms with Gasteiger partial charge in [-0.3, -0.25) is 0 Å². The Morgan fingerprint density at radius 2 is 2.10 bits per heavy atom. The first-order chi connectivity index (χ1) is 9.44. The summed E-state index contributed by atoms with van der Waals surface area (Å²) in [4.78, 5) is 3.77. The minimum Gasteiger partial charge on any atom is -0.392 e. The highest BCUT2D eigenvalue weighted by Gasteiger charge is 2.21. The van der Waals surface area contributed by atoms with Gasteiger partial charge in [-0.05, 0) is 11.1 Å².